The molecule has 0 aliphatic rings. The van der Waals surface area contributed by atoms with Crippen molar-refractivity contribution in [1.29, 1.82) is 0 Å². The van der Waals surface area contributed by atoms with Gasteiger partial charge in [0.1, 0.15) is 4.83 Å². The molecule has 0 bridgehead atoms. The number of carbonyl (C=O) groups is 1. The SMILES string of the molecule is Cn1c(SCC(=O)Nc2ccc(Cl)cc2)nc2sccc2c1=O. The quantitative estimate of drug-likeness (QED) is 0.568. The summed E-state index contributed by atoms with van der Waals surface area (Å²) in [7, 11) is 1.66. The topological polar surface area (TPSA) is 64.0 Å². The van der Waals surface area contributed by atoms with Crippen molar-refractivity contribution in [3.63, 3.8) is 0 Å². The van der Waals surface area contributed by atoms with Gasteiger partial charge in [-0.1, -0.05) is 23.4 Å². The van der Waals surface area contributed by atoms with E-state index in [9.17, 15) is 9.59 Å². The van der Waals surface area contributed by atoms with E-state index in [-0.39, 0.29) is 17.2 Å². The number of rotatable bonds is 4. The van der Waals surface area contributed by atoms with E-state index in [1.807, 2.05) is 5.38 Å². The molecule has 0 aliphatic carbocycles. The van der Waals surface area contributed by atoms with Crippen molar-refractivity contribution in [2.75, 3.05) is 11.1 Å². The number of nitrogens with zero attached hydrogens (tertiary/aromatic N) is 2. The minimum absolute atomic E-state index is 0.100. The number of thiophene rings is 1. The van der Waals surface area contributed by atoms with Crippen molar-refractivity contribution in [1.82, 2.24) is 9.55 Å². The second kappa shape index (κ2) is 6.74. The average molecular weight is 366 g/mol. The molecule has 2 heterocycles. The summed E-state index contributed by atoms with van der Waals surface area (Å²) in [5.41, 5.74) is 0.576. The summed E-state index contributed by atoms with van der Waals surface area (Å²) in [6.45, 7) is 0. The van der Waals surface area contributed by atoms with Gasteiger partial charge in [-0.15, -0.1) is 11.3 Å². The molecule has 1 N–H and O–H groups in total. The zero-order valence-corrected chi connectivity index (χ0v) is 14.5. The summed E-state index contributed by atoms with van der Waals surface area (Å²) in [6.07, 6.45) is 0. The molecule has 3 aromatic rings. The van der Waals surface area contributed by atoms with Gasteiger partial charge in [0.2, 0.25) is 5.91 Å². The number of benzene rings is 1. The fourth-order valence-electron chi connectivity index (χ4n) is 1.97. The lowest BCUT2D eigenvalue weighted by atomic mass is 10.3. The minimum Gasteiger partial charge on any atom is -0.325 e. The van der Waals surface area contributed by atoms with Crippen LogP contribution in [0, 0.1) is 0 Å². The Morgan fingerprint density at radius 1 is 1.35 bits per heavy atom. The third kappa shape index (κ3) is 3.57. The van der Waals surface area contributed by atoms with E-state index in [1.54, 1.807) is 37.4 Å². The van der Waals surface area contributed by atoms with Crippen molar-refractivity contribution < 1.29 is 4.79 Å². The van der Waals surface area contributed by atoms with Crippen LogP contribution in [-0.2, 0) is 11.8 Å². The summed E-state index contributed by atoms with van der Waals surface area (Å²) < 4.78 is 1.47. The maximum Gasteiger partial charge on any atom is 0.262 e. The van der Waals surface area contributed by atoms with E-state index in [0.717, 1.165) is 0 Å². The minimum atomic E-state index is -0.169. The van der Waals surface area contributed by atoms with E-state index in [1.165, 1.54) is 27.7 Å². The molecule has 23 heavy (non-hydrogen) atoms. The first kappa shape index (κ1) is 16.0. The van der Waals surface area contributed by atoms with Crippen LogP contribution < -0.4 is 10.9 Å². The monoisotopic (exact) mass is 365 g/mol. The van der Waals surface area contributed by atoms with Crippen LogP contribution in [0.15, 0.2) is 45.7 Å². The molecule has 0 fully saturated rings. The van der Waals surface area contributed by atoms with Crippen LogP contribution in [-0.4, -0.2) is 21.2 Å². The largest absolute Gasteiger partial charge is 0.325 e. The summed E-state index contributed by atoms with van der Waals surface area (Å²) in [4.78, 5) is 29.3. The first-order valence-corrected chi connectivity index (χ1v) is 8.91. The van der Waals surface area contributed by atoms with Gasteiger partial charge >= 0.3 is 0 Å². The van der Waals surface area contributed by atoms with Crippen molar-refractivity contribution in [3.05, 3.63) is 51.1 Å². The molecule has 1 aromatic carbocycles. The third-order valence-corrected chi connectivity index (χ3v) is 5.21. The molecule has 1 amide bonds. The number of carbonyl (C=O) groups excluding carboxylic acids is 1. The number of hydrogen-bond donors (Lipinski definition) is 1. The molecule has 8 heteroatoms. The normalized spacial score (nSPS) is 10.9. The van der Waals surface area contributed by atoms with Crippen molar-refractivity contribution in [2.45, 2.75) is 5.16 Å². The fourth-order valence-corrected chi connectivity index (χ4v) is 3.67. The van der Waals surface area contributed by atoms with E-state index in [2.05, 4.69) is 10.3 Å². The number of fused-ring (bicyclic) bond motifs is 1. The van der Waals surface area contributed by atoms with E-state index in [0.29, 0.717) is 26.1 Å². The van der Waals surface area contributed by atoms with Crippen molar-refractivity contribution in [2.24, 2.45) is 7.05 Å². The Morgan fingerprint density at radius 3 is 2.83 bits per heavy atom. The maximum absolute atomic E-state index is 12.2. The van der Waals surface area contributed by atoms with Gasteiger partial charge in [-0.05, 0) is 35.7 Å². The summed E-state index contributed by atoms with van der Waals surface area (Å²) in [6, 6.07) is 8.64. The lowest BCUT2D eigenvalue weighted by molar-refractivity contribution is -0.113. The number of amides is 1. The molecule has 0 spiro atoms. The molecule has 0 saturated carbocycles. The van der Waals surface area contributed by atoms with Crippen LogP contribution in [0.2, 0.25) is 5.02 Å². The van der Waals surface area contributed by atoms with Crippen LogP contribution >= 0.6 is 34.7 Å². The average Bonchev–Trinajstić information content (AvgIpc) is 3.00. The molecule has 0 aliphatic heterocycles. The smallest absolute Gasteiger partial charge is 0.262 e. The molecule has 2 aromatic heterocycles. The number of thioether (sulfide) groups is 1. The molecule has 0 saturated heterocycles. The van der Waals surface area contributed by atoms with E-state index >= 15 is 0 Å². The number of nitrogens with one attached hydrogen (secondary N) is 1. The Labute approximate surface area is 145 Å². The van der Waals surface area contributed by atoms with Gasteiger partial charge in [-0.25, -0.2) is 4.98 Å². The molecule has 0 radical (unpaired) electrons. The molecule has 0 unspecified atom stereocenters. The Morgan fingerprint density at radius 2 is 2.09 bits per heavy atom. The van der Waals surface area contributed by atoms with Crippen molar-refractivity contribution in [3.8, 4) is 0 Å². The van der Waals surface area contributed by atoms with Crippen LogP contribution in [0.25, 0.3) is 10.2 Å². The first-order valence-electron chi connectivity index (χ1n) is 6.67. The highest BCUT2D eigenvalue weighted by Crippen LogP contribution is 2.21. The Kier molecular flexibility index (Phi) is 4.70. The lowest BCUT2D eigenvalue weighted by Gasteiger charge is -2.08. The van der Waals surface area contributed by atoms with E-state index in [4.69, 9.17) is 11.6 Å². The Hall–Kier alpha value is -1.83. The predicted octanol–water partition coefficient (Wildman–Crippen LogP) is 3.38. The fraction of sp³-hybridized carbons (Fsp3) is 0.133. The van der Waals surface area contributed by atoms with Gasteiger partial charge in [0, 0.05) is 17.8 Å². The zero-order chi connectivity index (χ0) is 16.4. The lowest BCUT2D eigenvalue weighted by Crippen LogP contribution is -2.20. The number of aromatic nitrogens is 2. The van der Waals surface area contributed by atoms with Crippen LogP contribution in [0.1, 0.15) is 0 Å². The van der Waals surface area contributed by atoms with Crippen LogP contribution in [0.5, 0.6) is 0 Å². The Balaban J connectivity index is 1.70. The molecule has 118 valence electrons. The van der Waals surface area contributed by atoms with Gasteiger partial charge in [0.05, 0.1) is 11.1 Å². The molecular formula is C15H12ClN3O2S2. The standard InChI is InChI=1S/C15H12ClN3O2S2/c1-19-14(21)11-6-7-22-13(11)18-15(19)23-8-12(20)17-10-4-2-9(16)3-5-10/h2-7H,8H2,1H3,(H,17,20). The Bertz CT molecular complexity index is 919. The number of halogens is 1. The maximum atomic E-state index is 12.2. The summed E-state index contributed by atoms with van der Waals surface area (Å²) in [5.74, 6) is -0.00220. The predicted molar refractivity (Wildman–Crippen MR) is 95.7 cm³/mol. The highest BCUT2D eigenvalue weighted by molar-refractivity contribution is 7.99. The van der Waals surface area contributed by atoms with Gasteiger partial charge < -0.3 is 5.32 Å². The van der Waals surface area contributed by atoms with Gasteiger partial charge in [-0.3, -0.25) is 14.2 Å². The highest BCUT2D eigenvalue weighted by Gasteiger charge is 2.11. The molecular weight excluding hydrogens is 354 g/mol. The van der Waals surface area contributed by atoms with Gasteiger partial charge in [0.15, 0.2) is 5.16 Å². The van der Waals surface area contributed by atoms with Crippen molar-refractivity contribution >= 4 is 56.5 Å². The molecule has 0 atom stereocenters. The third-order valence-electron chi connectivity index (χ3n) is 3.12. The second-order valence-electron chi connectivity index (χ2n) is 4.74. The van der Waals surface area contributed by atoms with Crippen LogP contribution in [0.4, 0.5) is 5.69 Å². The first-order chi connectivity index (χ1) is 11.0. The van der Waals surface area contributed by atoms with Gasteiger partial charge in [-0.2, -0.15) is 0 Å². The second-order valence-corrected chi connectivity index (χ2v) is 7.02. The molecule has 5 nitrogen and oxygen atoms in total. The molecule has 3 rings (SSSR count). The summed E-state index contributed by atoms with van der Waals surface area (Å²) >= 11 is 8.45. The van der Waals surface area contributed by atoms with E-state index < -0.39 is 0 Å². The number of anilines is 1. The summed E-state index contributed by atoms with van der Waals surface area (Å²) in [5, 5.41) is 6.35. The van der Waals surface area contributed by atoms with Gasteiger partial charge in [0.25, 0.3) is 5.56 Å². The van der Waals surface area contributed by atoms with Crippen LogP contribution in [0.3, 0.4) is 0 Å². The zero-order valence-electron chi connectivity index (χ0n) is 12.1. The number of hydrogen-bond acceptors (Lipinski definition) is 5. The highest BCUT2D eigenvalue weighted by atomic mass is 35.5.